The molecule has 5 heteroatoms. The molecule has 3 rings (SSSR count). The maximum absolute atomic E-state index is 11.4. The predicted molar refractivity (Wildman–Crippen MR) is 80.2 cm³/mol. The molecule has 4 N–H and O–H groups in total. The Bertz CT molecular complexity index is 538. The van der Waals surface area contributed by atoms with E-state index in [0.717, 1.165) is 25.7 Å². The molecule has 0 aromatic heterocycles. The van der Waals surface area contributed by atoms with E-state index in [0.29, 0.717) is 23.6 Å². The summed E-state index contributed by atoms with van der Waals surface area (Å²) in [6, 6.07) is 4.94. The van der Waals surface area contributed by atoms with Gasteiger partial charge in [-0.15, -0.1) is 0 Å². The van der Waals surface area contributed by atoms with Gasteiger partial charge in [0.2, 0.25) is 0 Å². The Hall–Kier alpha value is -1.75. The molecule has 2 aliphatic rings. The van der Waals surface area contributed by atoms with Crippen LogP contribution in [0, 0.1) is 0 Å². The number of primary amides is 1. The molecule has 2 fully saturated rings. The predicted octanol–water partition coefficient (Wildman–Crippen LogP) is 2.24. The van der Waals surface area contributed by atoms with Gasteiger partial charge in [0.05, 0.1) is 17.3 Å². The Morgan fingerprint density at radius 3 is 2.81 bits per heavy atom. The molecule has 0 bridgehead atoms. The zero-order chi connectivity index (χ0) is 14.9. The van der Waals surface area contributed by atoms with Crippen LogP contribution in [0.4, 0.5) is 5.69 Å². The maximum Gasteiger partial charge on any atom is 0.252 e. The number of benzene rings is 1. The molecule has 1 spiro atoms. The SMILES string of the molecule is NC(=O)c1cc(N)ccc1OCC1CCC2(CCCC2)O1. The molecule has 5 nitrogen and oxygen atoms in total. The Kier molecular flexibility index (Phi) is 3.76. The fourth-order valence-corrected chi connectivity index (χ4v) is 3.45. The van der Waals surface area contributed by atoms with Crippen LogP contribution in [0.15, 0.2) is 18.2 Å². The fourth-order valence-electron chi connectivity index (χ4n) is 3.45. The van der Waals surface area contributed by atoms with Crippen LogP contribution in [0.1, 0.15) is 48.9 Å². The first kappa shape index (κ1) is 14.2. The number of amides is 1. The van der Waals surface area contributed by atoms with Gasteiger partial charge in [-0.05, 0) is 43.9 Å². The van der Waals surface area contributed by atoms with Gasteiger partial charge in [0.25, 0.3) is 5.91 Å². The van der Waals surface area contributed by atoms with Crippen LogP contribution in [0.5, 0.6) is 5.75 Å². The van der Waals surface area contributed by atoms with E-state index in [2.05, 4.69) is 0 Å². The first-order valence-corrected chi connectivity index (χ1v) is 7.58. The van der Waals surface area contributed by atoms with Crippen LogP contribution in [0.2, 0.25) is 0 Å². The van der Waals surface area contributed by atoms with Gasteiger partial charge in [0, 0.05) is 5.69 Å². The van der Waals surface area contributed by atoms with Gasteiger partial charge in [-0.3, -0.25) is 4.79 Å². The molecule has 1 aromatic carbocycles. The second-order valence-electron chi connectivity index (χ2n) is 6.10. The first-order chi connectivity index (χ1) is 10.1. The molecule has 1 aliphatic carbocycles. The van der Waals surface area contributed by atoms with Crippen molar-refractivity contribution in [2.75, 3.05) is 12.3 Å². The normalized spacial score (nSPS) is 23.5. The molecule has 114 valence electrons. The zero-order valence-corrected chi connectivity index (χ0v) is 12.1. The number of nitrogen functional groups attached to an aromatic ring is 1. The minimum absolute atomic E-state index is 0.0985. The van der Waals surface area contributed by atoms with Crippen molar-refractivity contribution in [1.29, 1.82) is 0 Å². The van der Waals surface area contributed by atoms with E-state index in [4.69, 9.17) is 20.9 Å². The van der Waals surface area contributed by atoms with E-state index in [-0.39, 0.29) is 11.7 Å². The van der Waals surface area contributed by atoms with Gasteiger partial charge >= 0.3 is 0 Å². The van der Waals surface area contributed by atoms with E-state index >= 15 is 0 Å². The number of rotatable bonds is 4. The van der Waals surface area contributed by atoms with Crippen molar-refractivity contribution < 1.29 is 14.3 Å². The van der Waals surface area contributed by atoms with Crippen molar-refractivity contribution >= 4 is 11.6 Å². The summed E-state index contributed by atoms with van der Waals surface area (Å²) in [5.74, 6) is -0.0513. The Labute approximate surface area is 124 Å². The van der Waals surface area contributed by atoms with Crippen molar-refractivity contribution in [3.05, 3.63) is 23.8 Å². The Balaban J connectivity index is 1.62. The average Bonchev–Trinajstić information content (AvgIpc) is 3.08. The average molecular weight is 290 g/mol. The van der Waals surface area contributed by atoms with Gasteiger partial charge in [-0.25, -0.2) is 0 Å². The smallest absolute Gasteiger partial charge is 0.252 e. The van der Waals surface area contributed by atoms with Crippen molar-refractivity contribution in [3.8, 4) is 5.75 Å². The quantitative estimate of drug-likeness (QED) is 0.832. The number of anilines is 1. The summed E-state index contributed by atoms with van der Waals surface area (Å²) in [5, 5.41) is 0. The van der Waals surface area contributed by atoms with Crippen molar-refractivity contribution in [2.24, 2.45) is 5.73 Å². The van der Waals surface area contributed by atoms with E-state index in [1.54, 1.807) is 18.2 Å². The number of hydrogen-bond acceptors (Lipinski definition) is 4. The van der Waals surface area contributed by atoms with E-state index in [1.807, 2.05) is 0 Å². The Morgan fingerprint density at radius 2 is 2.10 bits per heavy atom. The summed E-state index contributed by atoms with van der Waals surface area (Å²) < 4.78 is 11.9. The summed E-state index contributed by atoms with van der Waals surface area (Å²) in [6.45, 7) is 0.450. The van der Waals surface area contributed by atoms with E-state index in [1.165, 1.54) is 12.8 Å². The third-order valence-corrected chi connectivity index (χ3v) is 4.55. The number of nitrogens with two attached hydrogens (primary N) is 2. The highest BCUT2D eigenvalue weighted by atomic mass is 16.6. The van der Waals surface area contributed by atoms with Gasteiger partial charge in [0.1, 0.15) is 12.4 Å². The molecule has 1 aromatic rings. The second-order valence-corrected chi connectivity index (χ2v) is 6.10. The molecule has 0 radical (unpaired) electrons. The van der Waals surface area contributed by atoms with Gasteiger partial charge in [0.15, 0.2) is 0 Å². The van der Waals surface area contributed by atoms with Crippen molar-refractivity contribution in [2.45, 2.75) is 50.2 Å². The summed E-state index contributed by atoms with van der Waals surface area (Å²) in [6.07, 6.45) is 7.08. The molecule has 1 atom stereocenters. The third kappa shape index (κ3) is 2.97. The minimum Gasteiger partial charge on any atom is -0.490 e. The standard InChI is InChI=1S/C16H22N2O3/c17-11-3-4-14(13(9-11)15(18)19)20-10-12-5-8-16(21-12)6-1-2-7-16/h3-4,9,12H,1-2,5-8,10,17H2,(H2,18,19). The number of hydrogen-bond donors (Lipinski definition) is 2. The third-order valence-electron chi connectivity index (χ3n) is 4.55. The highest BCUT2D eigenvalue weighted by molar-refractivity contribution is 5.96. The molecule has 1 heterocycles. The van der Waals surface area contributed by atoms with Crippen molar-refractivity contribution in [3.63, 3.8) is 0 Å². The van der Waals surface area contributed by atoms with Crippen LogP contribution in [0.3, 0.4) is 0 Å². The molecule has 1 amide bonds. The van der Waals surface area contributed by atoms with Crippen LogP contribution in [0.25, 0.3) is 0 Å². The van der Waals surface area contributed by atoms with Crippen LogP contribution >= 0.6 is 0 Å². The molecule has 1 saturated carbocycles. The summed E-state index contributed by atoms with van der Waals surface area (Å²) in [7, 11) is 0. The minimum atomic E-state index is -0.531. The largest absolute Gasteiger partial charge is 0.490 e. The number of ether oxygens (including phenoxy) is 2. The van der Waals surface area contributed by atoms with Crippen LogP contribution in [-0.2, 0) is 4.74 Å². The number of carbonyl (C=O) groups excluding carboxylic acids is 1. The van der Waals surface area contributed by atoms with Gasteiger partial charge < -0.3 is 20.9 Å². The van der Waals surface area contributed by atoms with E-state index in [9.17, 15) is 4.79 Å². The Morgan fingerprint density at radius 1 is 1.33 bits per heavy atom. The van der Waals surface area contributed by atoms with Crippen LogP contribution in [-0.4, -0.2) is 24.2 Å². The molecule has 1 unspecified atom stereocenters. The first-order valence-electron chi connectivity index (χ1n) is 7.58. The topological polar surface area (TPSA) is 87.6 Å². The maximum atomic E-state index is 11.4. The highest BCUT2D eigenvalue weighted by Gasteiger charge is 2.42. The summed E-state index contributed by atoms with van der Waals surface area (Å²) >= 11 is 0. The van der Waals surface area contributed by atoms with Crippen molar-refractivity contribution in [1.82, 2.24) is 0 Å². The van der Waals surface area contributed by atoms with Crippen LogP contribution < -0.4 is 16.2 Å². The molecular weight excluding hydrogens is 268 g/mol. The summed E-state index contributed by atoms with van der Waals surface area (Å²) in [5.41, 5.74) is 11.9. The van der Waals surface area contributed by atoms with Gasteiger partial charge in [-0.2, -0.15) is 0 Å². The fraction of sp³-hybridized carbons (Fsp3) is 0.562. The summed E-state index contributed by atoms with van der Waals surface area (Å²) in [4.78, 5) is 11.4. The molecule has 1 saturated heterocycles. The lowest BCUT2D eigenvalue weighted by molar-refractivity contribution is -0.0509. The molecule has 1 aliphatic heterocycles. The van der Waals surface area contributed by atoms with Gasteiger partial charge in [-0.1, -0.05) is 12.8 Å². The zero-order valence-electron chi connectivity index (χ0n) is 12.1. The lowest BCUT2D eigenvalue weighted by atomic mass is 9.98. The lowest BCUT2D eigenvalue weighted by Crippen LogP contribution is -2.27. The molecular formula is C16H22N2O3. The number of carbonyl (C=O) groups is 1. The lowest BCUT2D eigenvalue weighted by Gasteiger charge is -2.24. The highest BCUT2D eigenvalue weighted by Crippen LogP contribution is 2.43. The van der Waals surface area contributed by atoms with E-state index < -0.39 is 5.91 Å². The second kappa shape index (κ2) is 5.56. The monoisotopic (exact) mass is 290 g/mol. The molecule has 21 heavy (non-hydrogen) atoms.